The molecule has 7 nitrogen and oxygen atoms in total. The van der Waals surface area contributed by atoms with E-state index in [2.05, 4.69) is 19.4 Å². The van der Waals surface area contributed by atoms with Crippen molar-refractivity contribution >= 4 is 33.4 Å². The molecule has 0 amide bonds. The van der Waals surface area contributed by atoms with Gasteiger partial charge in [-0.2, -0.15) is 0 Å². The monoisotopic (exact) mass is 327 g/mol. The van der Waals surface area contributed by atoms with Gasteiger partial charge in [0, 0.05) is 0 Å². The zero-order chi connectivity index (χ0) is 15.5. The number of anilines is 1. The predicted octanol–water partition coefficient (Wildman–Crippen LogP) is 1.72. The van der Waals surface area contributed by atoms with Crippen LogP contribution in [-0.2, 0) is 14.8 Å². The number of methoxy groups -OCH3 is 1. The Morgan fingerprint density at radius 1 is 1.19 bits per heavy atom. The Morgan fingerprint density at radius 2 is 1.86 bits per heavy atom. The Labute approximate surface area is 126 Å². The van der Waals surface area contributed by atoms with Gasteiger partial charge in [0.05, 0.1) is 30.0 Å². The van der Waals surface area contributed by atoms with Crippen LogP contribution >= 0.6 is 11.6 Å². The first-order valence-corrected chi connectivity index (χ1v) is 7.47. The molecule has 0 saturated heterocycles. The summed E-state index contributed by atoms with van der Waals surface area (Å²) in [6, 6.07) is 5.29. The zero-order valence-corrected chi connectivity index (χ0v) is 12.4. The number of carbonyl (C=O) groups is 1. The Morgan fingerprint density at radius 3 is 2.38 bits per heavy atom. The molecule has 21 heavy (non-hydrogen) atoms. The number of hydrogen-bond donors (Lipinski definition) is 1. The molecule has 0 aliphatic rings. The number of ether oxygens (including phenoxy) is 1. The van der Waals surface area contributed by atoms with Gasteiger partial charge in [0.2, 0.25) is 0 Å². The topological polar surface area (TPSA) is 98.2 Å². The second-order valence-electron chi connectivity index (χ2n) is 3.85. The summed E-state index contributed by atoms with van der Waals surface area (Å²) in [5.41, 5.74) is 0.253. The average Bonchev–Trinajstić information content (AvgIpc) is 2.49. The SMILES string of the molecule is COC(=O)c1ccc(S(=O)(=O)Nc2cnc(Cl)cn2)cc1. The lowest BCUT2D eigenvalue weighted by atomic mass is 10.2. The van der Waals surface area contributed by atoms with E-state index in [1.807, 2.05) is 0 Å². The molecule has 0 aliphatic heterocycles. The quantitative estimate of drug-likeness (QED) is 0.858. The van der Waals surface area contributed by atoms with Crippen LogP contribution < -0.4 is 4.72 Å². The third-order valence-corrected chi connectivity index (χ3v) is 4.01. The molecule has 9 heteroatoms. The number of carbonyl (C=O) groups excluding carboxylic acids is 1. The third-order valence-electron chi connectivity index (χ3n) is 2.44. The highest BCUT2D eigenvalue weighted by Crippen LogP contribution is 2.15. The maximum Gasteiger partial charge on any atom is 0.337 e. The number of rotatable bonds is 4. The normalized spacial score (nSPS) is 11.0. The Balaban J connectivity index is 2.23. The Bertz CT molecular complexity index is 745. The van der Waals surface area contributed by atoms with Crippen molar-refractivity contribution in [3.05, 3.63) is 47.4 Å². The van der Waals surface area contributed by atoms with E-state index < -0.39 is 16.0 Å². The summed E-state index contributed by atoms with van der Waals surface area (Å²) in [6.07, 6.45) is 2.42. The second-order valence-corrected chi connectivity index (χ2v) is 5.92. The maximum absolute atomic E-state index is 12.1. The van der Waals surface area contributed by atoms with Crippen LogP contribution in [0.15, 0.2) is 41.6 Å². The minimum atomic E-state index is -3.82. The van der Waals surface area contributed by atoms with Gasteiger partial charge < -0.3 is 4.74 Å². The summed E-state index contributed by atoms with van der Waals surface area (Å²) < 4.78 is 31.0. The first kappa shape index (κ1) is 15.2. The fraction of sp³-hybridized carbons (Fsp3) is 0.0833. The van der Waals surface area contributed by atoms with Crippen molar-refractivity contribution in [2.75, 3.05) is 11.8 Å². The average molecular weight is 328 g/mol. The van der Waals surface area contributed by atoms with Crippen LogP contribution in [0.5, 0.6) is 0 Å². The van der Waals surface area contributed by atoms with Gasteiger partial charge in [-0.05, 0) is 24.3 Å². The predicted molar refractivity (Wildman–Crippen MR) is 75.6 cm³/mol. The Hall–Kier alpha value is -2.19. The molecule has 110 valence electrons. The minimum Gasteiger partial charge on any atom is -0.465 e. The highest BCUT2D eigenvalue weighted by atomic mass is 35.5. The molecule has 0 radical (unpaired) electrons. The number of hydrogen-bond acceptors (Lipinski definition) is 6. The van der Waals surface area contributed by atoms with Crippen molar-refractivity contribution in [3.8, 4) is 0 Å². The van der Waals surface area contributed by atoms with Crippen molar-refractivity contribution in [3.63, 3.8) is 0 Å². The number of halogens is 1. The summed E-state index contributed by atoms with van der Waals surface area (Å²) in [5, 5.41) is 0.153. The van der Waals surface area contributed by atoms with E-state index in [0.29, 0.717) is 0 Å². The van der Waals surface area contributed by atoms with E-state index in [-0.39, 0.29) is 21.4 Å². The summed E-state index contributed by atoms with van der Waals surface area (Å²) >= 11 is 5.57. The largest absolute Gasteiger partial charge is 0.465 e. The fourth-order valence-electron chi connectivity index (χ4n) is 1.45. The lowest BCUT2D eigenvalue weighted by Gasteiger charge is -2.07. The van der Waals surface area contributed by atoms with Crippen molar-refractivity contribution in [2.24, 2.45) is 0 Å². The Kier molecular flexibility index (Phi) is 4.39. The molecule has 0 atom stereocenters. The van der Waals surface area contributed by atoms with E-state index >= 15 is 0 Å². The van der Waals surface area contributed by atoms with E-state index in [1.54, 1.807) is 0 Å². The number of benzene rings is 1. The van der Waals surface area contributed by atoms with Gasteiger partial charge in [0.15, 0.2) is 5.82 Å². The number of nitrogens with zero attached hydrogens (tertiary/aromatic N) is 2. The van der Waals surface area contributed by atoms with Crippen LogP contribution in [0.3, 0.4) is 0 Å². The lowest BCUT2D eigenvalue weighted by molar-refractivity contribution is 0.0600. The highest BCUT2D eigenvalue weighted by Gasteiger charge is 2.16. The van der Waals surface area contributed by atoms with Gasteiger partial charge in [-0.25, -0.2) is 23.2 Å². The number of aromatic nitrogens is 2. The van der Waals surface area contributed by atoms with Crippen LogP contribution in [-0.4, -0.2) is 31.5 Å². The smallest absolute Gasteiger partial charge is 0.337 e. The molecular weight excluding hydrogens is 318 g/mol. The van der Waals surface area contributed by atoms with Crippen molar-refractivity contribution in [1.82, 2.24) is 9.97 Å². The maximum atomic E-state index is 12.1. The van der Waals surface area contributed by atoms with Crippen molar-refractivity contribution in [1.29, 1.82) is 0 Å². The molecular formula is C12H10ClN3O4S. The summed E-state index contributed by atoms with van der Waals surface area (Å²) in [7, 11) is -2.58. The highest BCUT2D eigenvalue weighted by molar-refractivity contribution is 7.92. The van der Waals surface area contributed by atoms with Gasteiger partial charge >= 0.3 is 5.97 Å². The molecule has 0 spiro atoms. The van der Waals surface area contributed by atoms with E-state index in [4.69, 9.17) is 11.6 Å². The molecule has 1 aromatic heterocycles. The van der Waals surface area contributed by atoms with Gasteiger partial charge in [-0.1, -0.05) is 11.6 Å². The standard InChI is InChI=1S/C12H10ClN3O4S/c1-20-12(17)8-2-4-9(5-3-8)21(18,19)16-11-7-14-10(13)6-15-11/h2-7H,1H3,(H,15,16). The summed E-state index contributed by atoms with van der Waals surface area (Å²) in [6.45, 7) is 0. The van der Waals surface area contributed by atoms with Crippen molar-refractivity contribution in [2.45, 2.75) is 4.90 Å². The molecule has 2 rings (SSSR count). The number of esters is 1. The molecule has 0 unspecified atom stereocenters. The number of sulfonamides is 1. The molecule has 2 aromatic rings. The van der Waals surface area contributed by atoms with Crippen LogP contribution in [0.25, 0.3) is 0 Å². The summed E-state index contributed by atoms with van der Waals surface area (Å²) in [4.78, 5) is 18.8. The van der Waals surface area contributed by atoms with Crippen LogP contribution in [0.4, 0.5) is 5.82 Å². The van der Waals surface area contributed by atoms with E-state index in [9.17, 15) is 13.2 Å². The number of nitrogens with one attached hydrogen (secondary N) is 1. The van der Waals surface area contributed by atoms with Crippen LogP contribution in [0.1, 0.15) is 10.4 Å². The van der Waals surface area contributed by atoms with Gasteiger partial charge in [0.1, 0.15) is 5.15 Å². The first-order valence-electron chi connectivity index (χ1n) is 5.61. The third kappa shape index (κ3) is 3.67. The van der Waals surface area contributed by atoms with E-state index in [0.717, 1.165) is 0 Å². The van der Waals surface area contributed by atoms with Crippen LogP contribution in [0.2, 0.25) is 5.15 Å². The lowest BCUT2D eigenvalue weighted by Crippen LogP contribution is -2.14. The van der Waals surface area contributed by atoms with Crippen molar-refractivity contribution < 1.29 is 17.9 Å². The van der Waals surface area contributed by atoms with Gasteiger partial charge in [-0.3, -0.25) is 4.72 Å². The molecule has 1 heterocycles. The summed E-state index contributed by atoms with van der Waals surface area (Å²) in [5.74, 6) is -0.507. The zero-order valence-electron chi connectivity index (χ0n) is 10.8. The first-order chi connectivity index (χ1) is 9.92. The fourth-order valence-corrected chi connectivity index (χ4v) is 2.54. The van der Waals surface area contributed by atoms with Crippen LogP contribution in [0, 0.1) is 0 Å². The second kappa shape index (κ2) is 6.06. The minimum absolute atomic E-state index is 0.0214. The van der Waals surface area contributed by atoms with Gasteiger partial charge in [0.25, 0.3) is 10.0 Å². The van der Waals surface area contributed by atoms with Gasteiger partial charge in [-0.15, -0.1) is 0 Å². The van der Waals surface area contributed by atoms with E-state index in [1.165, 1.54) is 43.8 Å². The molecule has 1 N–H and O–H groups in total. The molecule has 0 fully saturated rings. The molecule has 1 aromatic carbocycles. The molecule has 0 saturated carbocycles. The molecule has 0 bridgehead atoms. The molecule has 0 aliphatic carbocycles.